The monoisotopic (exact) mass is 496 g/mol. The Morgan fingerprint density at radius 1 is 1.23 bits per heavy atom. The molecule has 0 saturated carbocycles. The van der Waals surface area contributed by atoms with E-state index in [1.54, 1.807) is 24.5 Å². The third-order valence-corrected chi connectivity index (χ3v) is 7.48. The van der Waals surface area contributed by atoms with Crippen LogP contribution in [0.5, 0.6) is 0 Å². The van der Waals surface area contributed by atoms with Crippen LogP contribution < -0.4 is 10.6 Å². The van der Waals surface area contributed by atoms with Gasteiger partial charge in [0, 0.05) is 32.4 Å². The van der Waals surface area contributed by atoms with Crippen LogP contribution in [0.4, 0.5) is 0 Å². The number of nitrogens with zero attached hydrogens (tertiary/aromatic N) is 2. The number of nitriles is 1. The molecule has 0 aliphatic heterocycles. The second-order valence-electron chi connectivity index (χ2n) is 9.32. The molecule has 0 aliphatic rings. The van der Waals surface area contributed by atoms with Crippen molar-refractivity contribution in [3.63, 3.8) is 0 Å². The Morgan fingerprint density at radius 3 is 2.54 bits per heavy atom. The summed E-state index contributed by atoms with van der Waals surface area (Å²) in [5.74, 6) is -0.809. The quantitative estimate of drug-likeness (QED) is 0.309. The first-order chi connectivity index (χ1) is 16.6. The van der Waals surface area contributed by atoms with E-state index in [-0.39, 0.29) is 48.0 Å². The maximum absolute atomic E-state index is 13.4. The minimum absolute atomic E-state index is 0.0485. The molecule has 1 aromatic carbocycles. The number of hydrogen-bond acceptors (Lipinski definition) is 6. The highest BCUT2D eigenvalue weighted by molar-refractivity contribution is 7.18. The molecule has 1 heterocycles. The first-order valence-electron chi connectivity index (χ1n) is 12.1. The molecule has 188 valence electrons. The molecule has 2 rings (SSSR count). The van der Waals surface area contributed by atoms with E-state index in [0.717, 1.165) is 21.6 Å². The van der Waals surface area contributed by atoms with Crippen LogP contribution in [0.3, 0.4) is 0 Å². The topological polar surface area (TPSA) is 112 Å². The molecule has 0 spiro atoms. The van der Waals surface area contributed by atoms with E-state index >= 15 is 0 Å². The van der Waals surface area contributed by atoms with Crippen LogP contribution in [0, 0.1) is 23.2 Å². The number of thiazole rings is 1. The van der Waals surface area contributed by atoms with Crippen molar-refractivity contribution in [1.29, 1.82) is 5.26 Å². The maximum atomic E-state index is 13.4. The maximum Gasteiger partial charge on any atom is 0.224 e. The Morgan fingerprint density at radius 2 is 1.94 bits per heavy atom. The molecule has 35 heavy (non-hydrogen) atoms. The molecule has 2 amide bonds. The van der Waals surface area contributed by atoms with Gasteiger partial charge in [-0.05, 0) is 36.0 Å². The minimum atomic E-state index is -0.587. The van der Waals surface area contributed by atoms with Crippen molar-refractivity contribution in [3.8, 4) is 6.07 Å². The molecule has 2 aromatic rings. The number of benzene rings is 1. The fourth-order valence-electron chi connectivity index (χ4n) is 3.81. The van der Waals surface area contributed by atoms with Gasteiger partial charge in [-0.15, -0.1) is 11.3 Å². The summed E-state index contributed by atoms with van der Waals surface area (Å²) in [4.78, 5) is 42.4. The van der Waals surface area contributed by atoms with Gasteiger partial charge in [0.2, 0.25) is 11.8 Å². The average Bonchev–Trinajstić information content (AvgIpc) is 3.25. The zero-order valence-corrected chi connectivity index (χ0v) is 22.1. The Bertz CT molecular complexity index is 1120. The van der Waals surface area contributed by atoms with Gasteiger partial charge in [-0.3, -0.25) is 14.4 Å². The van der Waals surface area contributed by atoms with E-state index in [0.29, 0.717) is 18.8 Å². The summed E-state index contributed by atoms with van der Waals surface area (Å²) in [5, 5.41) is 15.4. The fraction of sp³-hybridized carbons (Fsp3) is 0.519. The highest BCUT2D eigenvalue weighted by Gasteiger charge is 2.28. The van der Waals surface area contributed by atoms with Crippen LogP contribution in [-0.2, 0) is 20.8 Å². The normalized spacial score (nSPS) is 13.6. The second kappa shape index (κ2) is 13.1. The van der Waals surface area contributed by atoms with Crippen molar-refractivity contribution in [2.24, 2.45) is 11.8 Å². The Kier molecular flexibility index (Phi) is 10.6. The lowest BCUT2D eigenvalue weighted by molar-refractivity contribution is -0.131. The number of fused-ring (bicyclic) bond motifs is 1. The van der Waals surface area contributed by atoms with Crippen LogP contribution in [0.15, 0.2) is 30.4 Å². The number of carbonyl (C=O) groups excluding carboxylic acids is 3. The molecule has 2 N–H and O–H groups in total. The third kappa shape index (κ3) is 8.00. The van der Waals surface area contributed by atoms with Gasteiger partial charge in [-0.1, -0.05) is 46.8 Å². The lowest BCUT2D eigenvalue weighted by Crippen LogP contribution is -2.44. The van der Waals surface area contributed by atoms with Crippen molar-refractivity contribution in [3.05, 3.63) is 40.9 Å². The van der Waals surface area contributed by atoms with Gasteiger partial charge in [-0.25, -0.2) is 4.98 Å². The number of aromatic nitrogens is 1. The first-order valence-corrected chi connectivity index (χ1v) is 12.9. The van der Waals surface area contributed by atoms with Crippen molar-refractivity contribution >= 4 is 39.2 Å². The van der Waals surface area contributed by atoms with E-state index in [1.807, 2.05) is 19.9 Å². The molecule has 8 heteroatoms. The summed E-state index contributed by atoms with van der Waals surface area (Å²) >= 11 is 1.55. The Labute approximate surface area is 212 Å². The zero-order chi connectivity index (χ0) is 26.1. The molecule has 0 fully saturated rings. The van der Waals surface area contributed by atoms with Gasteiger partial charge in [0.25, 0.3) is 0 Å². The summed E-state index contributed by atoms with van der Waals surface area (Å²) < 4.78 is 1.07. The highest BCUT2D eigenvalue weighted by atomic mass is 32.1. The molecule has 1 aromatic heterocycles. The largest absolute Gasteiger partial charge is 0.359 e. The smallest absolute Gasteiger partial charge is 0.224 e. The number of amides is 2. The summed E-state index contributed by atoms with van der Waals surface area (Å²) in [7, 11) is 1.55. The van der Waals surface area contributed by atoms with Gasteiger partial charge in [0.05, 0.1) is 26.7 Å². The zero-order valence-electron chi connectivity index (χ0n) is 21.3. The number of carbonyl (C=O) groups is 3. The molecule has 0 unspecified atom stereocenters. The van der Waals surface area contributed by atoms with E-state index in [2.05, 4.69) is 43.2 Å². The first kappa shape index (κ1) is 28.2. The number of ketones is 1. The van der Waals surface area contributed by atoms with Gasteiger partial charge in [0.15, 0.2) is 5.78 Å². The lowest BCUT2D eigenvalue weighted by Gasteiger charge is -2.26. The number of allylic oxidation sites excluding steroid dienone is 1. The van der Waals surface area contributed by atoms with Crippen LogP contribution in [0.1, 0.15) is 69.9 Å². The van der Waals surface area contributed by atoms with Gasteiger partial charge in [-0.2, -0.15) is 5.26 Å². The third-order valence-electron chi connectivity index (χ3n) is 6.44. The summed E-state index contributed by atoms with van der Waals surface area (Å²) in [5.41, 5.74) is 2.05. The van der Waals surface area contributed by atoms with Gasteiger partial charge >= 0.3 is 0 Å². The fourth-order valence-corrected chi connectivity index (χ4v) is 4.91. The SMILES string of the molecule is C=C(C#N)C(=O)CC[C@@H](NC(=O)[C@@H](CC(=O)NC)Cc1nc2ccc(C(C)C)cc2s1)[C@@H](C)CC. The lowest BCUT2D eigenvalue weighted by atomic mass is 9.91. The molecular weight excluding hydrogens is 460 g/mol. The highest BCUT2D eigenvalue weighted by Crippen LogP contribution is 2.28. The van der Waals surface area contributed by atoms with E-state index in [4.69, 9.17) is 10.2 Å². The summed E-state index contributed by atoms with van der Waals surface area (Å²) in [6.07, 6.45) is 1.76. The van der Waals surface area contributed by atoms with Crippen LogP contribution in [-0.4, -0.2) is 35.7 Å². The molecule has 3 atom stereocenters. The number of nitrogens with one attached hydrogen (secondary N) is 2. The summed E-state index contributed by atoms with van der Waals surface area (Å²) in [6, 6.07) is 7.75. The van der Waals surface area contributed by atoms with Crippen molar-refractivity contribution in [2.45, 2.75) is 71.8 Å². The van der Waals surface area contributed by atoms with Crippen LogP contribution >= 0.6 is 11.3 Å². The molecule has 0 radical (unpaired) electrons. The van der Waals surface area contributed by atoms with E-state index in [9.17, 15) is 14.4 Å². The predicted octanol–water partition coefficient (Wildman–Crippen LogP) is 4.67. The number of rotatable bonds is 13. The number of hydrogen-bond donors (Lipinski definition) is 2. The van der Waals surface area contributed by atoms with E-state index < -0.39 is 5.92 Å². The Hall–Kier alpha value is -3.05. The molecule has 7 nitrogen and oxygen atoms in total. The summed E-state index contributed by atoms with van der Waals surface area (Å²) in [6.45, 7) is 11.8. The number of Topliss-reactive ketones (excluding diaryl/α,β-unsaturated/α-hetero) is 1. The van der Waals surface area contributed by atoms with Crippen LogP contribution in [0.25, 0.3) is 10.2 Å². The van der Waals surface area contributed by atoms with Crippen molar-refractivity contribution < 1.29 is 14.4 Å². The molecular formula is C27H36N4O3S. The molecule has 0 saturated heterocycles. The van der Waals surface area contributed by atoms with Gasteiger partial charge in [0.1, 0.15) is 6.07 Å². The molecule has 0 aliphatic carbocycles. The van der Waals surface area contributed by atoms with Gasteiger partial charge < -0.3 is 10.6 Å². The second-order valence-corrected chi connectivity index (χ2v) is 10.4. The van der Waals surface area contributed by atoms with Crippen molar-refractivity contribution in [2.75, 3.05) is 7.05 Å². The van der Waals surface area contributed by atoms with Crippen molar-refractivity contribution in [1.82, 2.24) is 15.6 Å². The molecule has 0 bridgehead atoms. The average molecular weight is 497 g/mol. The minimum Gasteiger partial charge on any atom is -0.359 e. The standard InChI is InChI=1S/C27H36N4O3S/c1-7-17(4)21(10-11-23(32)18(5)15-28)31-27(34)20(13-25(33)29-6)14-26-30-22-9-8-19(16(2)3)12-24(22)35-26/h8-9,12,16-17,20-21H,5,7,10-11,13-14H2,1-4,6H3,(H,29,33)(H,31,34)/t17-,20-,21+/m0/s1. The van der Waals surface area contributed by atoms with Crippen LogP contribution in [0.2, 0.25) is 0 Å². The Balaban J connectivity index is 2.21. The van der Waals surface area contributed by atoms with E-state index in [1.165, 1.54) is 5.56 Å². The predicted molar refractivity (Wildman–Crippen MR) is 140 cm³/mol.